The number of thiophene rings is 1. The number of imide groups is 1. The smallest absolute Gasteiger partial charge is 0.322 e. The van der Waals surface area contributed by atoms with Crippen LogP contribution >= 0.6 is 11.3 Å². The molecule has 1 aliphatic carbocycles. The van der Waals surface area contributed by atoms with Crippen molar-refractivity contribution >= 4 is 40.2 Å². The molecule has 0 radical (unpaired) electrons. The van der Waals surface area contributed by atoms with E-state index in [2.05, 4.69) is 22.8 Å². The Morgan fingerprint density at radius 1 is 1.26 bits per heavy atom. The molecule has 0 atom stereocenters. The van der Waals surface area contributed by atoms with E-state index in [9.17, 15) is 14.4 Å². The molecule has 4 heterocycles. The van der Waals surface area contributed by atoms with Crippen LogP contribution in [0.15, 0.2) is 24.4 Å². The molecule has 0 unspecified atom stereocenters. The second-order valence-corrected chi connectivity index (χ2v) is 10.9. The molecular weight excluding hydrogens is 452 g/mol. The Labute approximate surface area is 201 Å². The van der Waals surface area contributed by atoms with E-state index in [4.69, 9.17) is 4.98 Å². The fourth-order valence-corrected chi connectivity index (χ4v) is 5.59. The summed E-state index contributed by atoms with van der Waals surface area (Å²) >= 11 is 1.58. The number of aromatic nitrogens is 3. The van der Waals surface area contributed by atoms with Crippen LogP contribution in [0.2, 0.25) is 0 Å². The molecule has 178 valence electrons. The third kappa shape index (κ3) is 3.66. The Hall–Kier alpha value is -3.27. The first-order valence-electron chi connectivity index (χ1n) is 11.6. The highest BCUT2D eigenvalue weighted by molar-refractivity contribution is 7.15. The van der Waals surface area contributed by atoms with Gasteiger partial charge < -0.3 is 5.32 Å². The number of urea groups is 1. The van der Waals surface area contributed by atoms with Gasteiger partial charge in [-0.1, -0.05) is 6.92 Å². The van der Waals surface area contributed by atoms with Crippen LogP contribution < -0.4 is 10.7 Å². The highest BCUT2D eigenvalue weighted by Crippen LogP contribution is 2.36. The SMILES string of the molecule is Cc1ccc(-c2cc(C(=O)NN3C(=O)NC4(CCC(C)CC4)C3=O)c3cnn(C(C)C)c3n2)s1. The van der Waals surface area contributed by atoms with Crippen LogP contribution in [0.1, 0.15) is 67.7 Å². The Morgan fingerprint density at radius 2 is 2.00 bits per heavy atom. The van der Waals surface area contributed by atoms with Crippen molar-refractivity contribution in [2.75, 3.05) is 0 Å². The molecule has 3 aromatic rings. The minimum Gasteiger partial charge on any atom is -0.322 e. The lowest BCUT2D eigenvalue weighted by molar-refractivity contribution is -0.134. The Balaban J connectivity index is 1.50. The van der Waals surface area contributed by atoms with Gasteiger partial charge in [-0.3, -0.25) is 15.0 Å². The number of hydrogen-bond acceptors (Lipinski definition) is 6. The maximum absolute atomic E-state index is 13.5. The van der Waals surface area contributed by atoms with Crippen LogP contribution in [-0.2, 0) is 4.79 Å². The molecule has 5 rings (SSSR count). The number of fused-ring (bicyclic) bond motifs is 1. The molecule has 2 fully saturated rings. The van der Waals surface area contributed by atoms with Crippen LogP contribution in [0.25, 0.3) is 21.6 Å². The first-order valence-corrected chi connectivity index (χ1v) is 12.4. The van der Waals surface area contributed by atoms with Crippen molar-refractivity contribution in [3.05, 3.63) is 34.8 Å². The number of nitrogens with zero attached hydrogens (tertiary/aromatic N) is 4. The first-order chi connectivity index (χ1) is 16.2. The number of amides is 4. The summed E-state index contributed by atoms with van der Waals surface area (Å²) in [7, 11) is 0. The van der Waals surface area contributed by atoms with Crippen LogP contribution in [-0.4, -0.2) is 43.2 Å². The minimum atomic E-state index is -0.924. The minimum absolute atomic E-state index is 0.0423. The molecule has 1 spiro atoms. The number of carbonyl (C=O) groups is 3. The molecule has 1 saturated heterocycles. The normalized spacial score (nSPS) is 22.7. The lowest BCUT2D eigenvalue weighted by Crippen LogP contribution is -2.51. The van der Waals surface area contributed by atoms with Gasteiger partial charge in [-0.15, -0.1) is 11.3 Å². The van der Waals surface area contributed by atoms with Crippen LogP contribution in [0.4, 0.5) is 4.79 Å². The number of nitrogens with one attached hydrogen (secondary N) is 2. The molecule has 4 amide bonds. The van der Waals surface area contributed by atoms with E-state index in [-0.39, 0.29) is 6.04 Å². The summed E-state index contributed by atoms with van der Waals surface area (Å²) in [6.45, 7) is 8.14. The van der Waals surface area contributed by atoms with Gasteiger partial charge in [-0.25, -0.2) is 14.5 Å². The second-order valence-electron chi connectivity index (χ2n) is 9.66. The first kappa shape index (κ1) is 22.5. The van der Waals surface area contributed by atoms with E-state index in [1.54, 1.807) is 28.3 Å². The van der Waals surface area contributed by atoms with E-state index in [0.29, 0.717) is 41.1 Å². The third-order valence-corrected chi connectivity index (χ3v) is 7.82. The Bertz CT molecular complexity index is 1300. The Morgan fingerprint density at radius 3 is 2.65 bits per heavy atom. The zero-order valence-corrected chi connectivity index (χ0v) is 20.5. The molecule has 2 aliphatic rings. The fourth-order valence-electron chi connectivity index (χ4n) is 4.76. The second kappa shape index (κ2) is 8.19. The highest BCUT2D eigenvalue weighted by Gasteiger charge is 2.53. The molecular formula is C24H28N6O3S. The zero-order valence-electron chi connectivity index (χ0n) is 19.7. The van der Waals surface area contributed by atoms with Crippen molar-refractivity contribution < 1.29 is 14.4 Å². The molecule has 0 aromatic carbocycles. The van der Waals surface area contributed by atoms with Gasteiger partial charge in [-0.2, -0.15) is 10.1 Å². The van der Waals surface area contributed by atoms with E-state index >= 15 is 0 Å². The highest BCUT2D eigenvalue weighted by atomic mass is 32.1. The maximum Gasteiger partial charge on any atom is 0.344 e. The van der Waals surface area contributed by atoms with E-state index in [1.165, 1.54) is 0 Å². The summed E-state index contributed by atoms with van der Waals surface area (Å²) in [5, 5.41) is 8.68. The molecule has 9 nitrogen and oxygen atoms in total. The van der Waals surface area contributed by atoms with E-state index in [0.717, 1.165) is 27.6 Å². The van der Waals surface area contributed by atoms with Gasteiger partial charge in [0.1, 0.15) is 5.54 Å². The maximum atomic E-state index is 13.5. The fraction of sp³-hybridized carbons (Fsp3) is 0.458. The monoisotopic (exact) mass is 480 g/mol. The van der Waals surface area contributed by atoms with Gasteiger partial charge in [-0.05, 0) is 70.6 Å². The molecule has 0 bridgehead atoms. The molecule has 10 heteroatoms. The van der Waals surface area contributed by atoms with Crippen LogP contribution in [0.5, 0.6) is 0 Å². The summed E-state index contributed by atoms with van der Waals surface area (Å²) in [5.41, 5.74) is 3.18. The lowest BCUT2D eigenvalue weighted by atomic mass is 9.77. The molecule has 34 heavy (non-hydrogen) atoms. The van der Waals surface area contributed by atoms with E-state index < -0.39 is 23.4 Å². The van der Waals surface area contributed by atoms with Gasteiger partial charge in [0.15, 0.2) is 5.65 Å². The van der Waals surface area contributed by atoms with Gasteiger partial charge in [0, 0.05) is 10.9 Å². The van der Waals surface area contributed by atoms with Crippen molar-refractivity contribution in [2.45, 2.75) is 65.0 Å². The number of rotatable bonds is 4. The number of hydrazine groups is 1. The average Bonchev–Trinajstić information content (AvgIpc) is 3.48. The lowest BCUT2D eigenvalue weighted by Gasteiger charge is -2.33. The number of pyridine rings is 1. The quantitative estimate of drug-likeness (QED) is 0.544. The third-order valence-electron chi connectivity index (χ3n) is 6.80. The summed E-state index contributed by atoms with van der Waals surface area (Å²) < 4.78 is 1.77. The van der Waals surface area contributed by atoms with Crippen molar-refractivity contribution in [1.29, 1.82) is 0 Å². The zero-order chi connectivity index (χ0) is 24.2. The van der Waals surface area contributed by atoms with Gasteiger partial charge in [0.25, 0.3) is 11.8 Å². The van der Waals surface area contributed by atoms with Gasteiger partial charge in [0.05, 0.1) is 27.7 Å². The van der Waals surface area contributed by atoms with Gasteiger partial charge >= 0.3 is 6.03 Å². The topological polar surface area (TPSA) is 109 Å². The summed E-state index contributed by atoms with van der Waals surface area (Å²) in [6, 6.07) is 5.12. The van der Waals surface area contributed by atoms with Crippen molar-refractivity contribution in [2.24, 2.45) is 5.92 Å². The molecule has 2 N–H and O–H groups in total. The van der Waals surface area contributed by atoms with Crippen molar-refractivity contribution in [3.8, 4) is 10.6 Å². The van der Waals surface area contributed by atoms with Crippen molar-refractivity contribution in [3.63, 3.8) is 0 Å². The van der Waals surface area contributed by atoms with Crippen molar-refractivity contribution in [1.82, 2.24) is 30.5 Å². The average molecular weight is 481 g/mol. The van der Waals surface area contributed by atoms with E-state index in [1.807, 2.05) is 32.9 Å². The largest absolute Gasteiger partial charge is 0.344 e. The molecule has 1 aliphatic heterocycles. The summed E-state index contributed by atoms with van der Waals surface area (Å²) in [4.78, 5) is 46.2. The number of carbonyl (C=O) groups excluding carboxylic acids is 3. The summed E-state index contributed by atoms with van der Waals surface area (Å²) in [6.07, 6.45) is 4.48. The molecule has 3 aromatic heterocycles. The standard InChI is InChI=1S/C24H28N6O3S/c1-13(2)29-20-17(12-25-29)16(11-18(26-20)19-6-5-15(4)34-19)21(31)28-30-22(32)24(27-23(30)33)9-7-14(3)8-10-24/h5-6,11-14H,7-10H2,1-4H3,(H,27,33)(H,28,31). The molecule has 1 saturated carbocycles. The summed E-state index contributed by atoms with van der Waals surface area (Å²) in [5.74, 6) is -0.425. The number of hydrogen-bond donors (Lipinski definition) is 2. The predicted octanol–water partition coefficient (Wildman–Crippen LogP) is 4.19. The predicted molar refractivity (Wildman–Crippen MR) is 129 cm³/mol. The number of aryl methyl sites for hydroxylation is 1. The van der Waals surface area contributed by atoms with Crippen LogP contribution in [0, 0.1) is 12.8 Å². The van der Waals surface area contributed by atoms with Crippen LogP contribution in [0.3, 0.4) is 0 Å². The van der Waals surface area contributed by atoms with Gasteiger partial charge in [0.2, 0.25) is 0 Å². The Kier molecular flexibility index (Phi) is 5.43.